The van der Waals surface area contributed by atoms with Gasteiger partial charge in [0.1, 0.15) is 17.6 Å². The Kier molecular flexibility index (Phi) is 5.07. The molecule has 1 unspecified atom stereocenters. The number of ether oxygens (including phenoxy) is 3. The van der Waals surface area contributed by atoms with E-state index in [0.717, 1.165) is 5.56 Å². The first kappa shape index (κ1) is 17.3. The van der Waals surface area contributed by atoms with Gasteiger partial charge in [0.25, 0.3) is 0 Å². The molecule has 3 rings (SSSR count). The lowest BCUT2D eigenvalue weighted by atomic mass is 10.0. The molecule has 1 aliphatic rings. The van der Waals surface area contributed by atoms with Gasteiger partial charge >= 0.3 is 11.9 Å². The first-order chi connectivity index (χ1) is 12.6. The summed E-state index contributed by atoms with van der Waals surface area (Å²) in [5.74, 6) is -2.36. The summed E-state index contributed by atoms with van der Waals surface area (Å²) in [6.07, 6.45) is 1.14. The highest BCUT2D eigenvalue weighted by molar-refractivity contribution is 6.03. The Balaban J connectivity index is 1.95. The van der Waals surface area contributed by atoms with Crippen molar-refractivity contribution in [1.82, 2.24) is 0 Å². The number of rotatable bonds is 7. The van der Waals surface area contributed by atoms with Crippen LogP contribution >= 0.6 is 0 Å². The number of carboxylic acid groups (broad SMARTS) is 2. The number of hydrogen-bond donors (Lipinski definition) is 2. The highest BCUT2D eigenvalue weighted by atomic mass is 16.7. The maximum atomic E-state index is 11.6. The molecule has 0 aliphatic carbocycles. The van der Waals surface area contributed by atoms with Crippen LogP contribution in [0, 0.1) is 0 Å². The molecule has 0 fully saturated rings. The van der Waals surface area contributed by atoms with Gasteiger partial charge in [-0.15, -0.1) is 0 Å². The van der Waals surface area contributed by atoms with Crippen molar-refractivity contribution in [3.05, 3.63) is 77.2 Å². The molecule has 0 radical (unpaired) electrons. The Morgan fingerprint density at radius 2 is 1.81 bits per heavy atom. The second kappa shape index (κ2) is 7.60. The van der Waals surface area contributed by atoms with Gasteiger partial charge in [-0.25, -0.2) is 9.59 Å². The second-order valence-corrected chi connectivity index (χ2v) is 5.53. The van der Waals surface area contributed by atoms with Gasteiger partial charge in [0.2, 0.25) is 6.79 Å². The Morgan fingerprint density at radius 1 is 1.04 bits per heavy atom. The molecule has 0 bridgehead atoms. The smallest absolute Gasteiger partial charge is 0.340 e. The summed E-state index contributed by atoms with van der Waals surface area (Å²) in [6, 6.07) is 13.5. The zero-order chi connectivity index (χ0) is 18.5. The zero-order valence-corrected chi connectivity index (χ0v) is 13.6. The van der Waals surface area contributed by atoms with Crippen molar-refractivity contribution in [1.29, 1.82) is 0 Å². The van der Waals surface area contributed by atoms with Crippen molar-refractivity contribution >= 4 is 11.9 Å². The van der Waals surface area contributed by atoms with Gasteiger partial charge in [0, 0.05) is 6.42 Å². The first-order valence-electron chi connectivity index (χ1n) is 7.81. The molecule has 0 saturated carbocycles. The monoisotopic (exact) mass is 356 g/mol. The summed E-state index contributed by atoms with van der Waals surface area (Å²) in [5.41, 5.74) is 0.198. The Hall–Kier alpha value is -3.48. The van der Waals surface area contributed by atoms with Gasteiger partial charge in [-0.05, 0) is 17.7 Å². The Morgan fingerprint density at radius 3 is 2.42 bits per heavy atom. The lowest BCUT2D eigenvalue weighted by molar-refractivity contribution is 0.0541. The summed E-state index contributed by atoms with van der Waals surface area (Å²) in [7, 11) is 0. The van der Waals surface area contributed by atoms with Crippen molar-refractivity contribution in [2.75, 3.05) is 6.79 Å². The summed E-state index contributed by atoms with van der Waals surface area (Å²) < 4.78 is 16.3. The third-order valence-corrected chi connectivity index (χ3v) is 3.81. The minimum Gasteiger partial charge on any atom is -0.481 e. The molecular weight excluding hydrogens is 340 g/mol. The highest BCUT2D eigenvalue weighted by Crippen LogP contribution is 2.28. The van der Waals surface area contributed by atoms with Gasteiger partial charge in [-0.2, -0.15) is 0 Å². The van der Waals surface area contributed by atoms with E-state index in [4.69, 9.17) is 14.2 Å². The molecule has 7 nitrogen and oxygen atoms in total. The van der Waals surface area contributed by atoms with Gasteiger partial charge in [0.05, 0.1) is 5.56 Å². The molecule has 0 saturated heterocycles. The van der Waals surface area contributed by atoms with Gasteiger partial charge in [-0.1, -0.05) is 36.4 Å². The van der Waals surface area contributed by atoms with Crippen LogP contribution in [0.15, 0.2) is 60.6 Å². The molecule has 1 aliphatic heterocycles. The molecule has 2 aromatic carbocycles. The summed E-state index contributed by atoms with van der Waals surface area (Å²) in [4.78, 5) is 22.9. The minimum atomic E-state index is -1.38. The standard InChI is InChI=1S/C19H16O7/c20-18(21)13-7-4-8-14(17(13)19(22)23)26-15(16-10-24-11-25-16)9-12-5-2-1-3-6-12/h1-8,10,15H,9,11H2,(H,20,21)(H,22,23). The van der Waals surface area contributed by atoms with Gasteiger partial charge in [-0.3, -0.25) is 0 Å². The third-order valence-electron chi connectivity index (χ3n) is 3.81. The van der Waals surface area contributed by atoms with E-state index in [2.05, 4.69) is 0 Å². The fourth-order valence-electron chi connectivity index (χ4n) is 2.63. The number of aromatic carboxylic acids is 2. The van der Waals surface area contributed by atoms with Crippen LogP contribution in [0.2, 0.25) is 0 Å². The molecule has 0 amide bonds. The number of carbonyl (C=O) groups is 2. The fraction of sp³-hybridized carbons (Fsp3) is 0.158. The largest absolute Gasteiger partial charge is 0.481 e. The molecule has 26 heavy (non-hydrogen) atoms. The molecule has 0 spiro atoms. The molecule has 1 heterocycles. The summed E-state index contributed by atoms with van der Waals surface area (Å²) >= 11 is 0. The van der Waals surface area contributed by atoms with E-state index in [-0.39, 0.29) is 18.1 Å². The van der Waals surface area contributed by atoms with E-state index in [9.17, 15) is 19.8 Å². The van der Waals surface area contributed by atoms with E-state index in [1.807, 2.05) is 30.3 Å². The summed E-state index contributed by atoms with van der Waals surface area (Å²) in [6.45, 7) is 0.0466. The van der Waals surface area contributed by atoms with Crippen molar-refractivity contribution in [3.8, 4) is 5.75 Å². The van der Waals surface area contributed by atoms with Crippen molar-refractivity contribution in [2.45, 2.75) is 12.5 Å². The molecular formula is C19H16O7. The van der Waals surface area contributed by atoms with Crippen LogP contribution in [0.1, 0.15) is 26.3 Å². The lowest BCUT2D eigenvalue weighted by Crippen LogP contribution is -2.24. The van der Waals surface area contributed by atoms with E-state index < -0.39 is 23.6 Å². The average Bonchev–Trinajstić information content (AvgIpc) is 3.16. The Bertz CT molecular complexity index is 842. The van der Waals surface area contributed by atoms with E-state index in [0.29, 0.717) is 12.2 Å². The van der Waals surface area contributed by atoms with Crippen LogP contribution < -0.4 is 4.74 Å². The van der Waals surface area contributed by atoms with Crippen molar-refractivity contribution in [2.24, 2.45) is 0 Å². The quantitative estimate of drug-likeness (QED) is 0.786. The maximum Gasteiger partial charge on any atom is 0.340 e. The van der Waals surface area contributed by atoms with E-state index >= 15 is 0 Å². The van der Waals surface area contributed by atoms with Gasteiger partial charge in [0.15, 0.2) is 11.9 Å². The molecule has 0 aromatic heterocycles. The lowest BCUT2D eigenvalue weighted by Gasteiger charge is -2.20. The normalized spacial score (nSPS) is 13.9. The predicted octanol–water partition coefficient (Wildman–Crippen LogP) is 2.92. The maximum absolute atomic E-state index is 11.6. The first-order valence-corrected chi connectivity index (χ1v) is 7.81. The molecule has 2 N–H and O–H groups in total. The topological polar surface area (TPSA) is 102 Å². The predicted molar refractivity (Wildman–Crippen MR) is 90.0 cm³/mol. The van der Waals surface area contributed by atoms with Crippen LogP contribution in [0.5, 0.6) is 5.75 Å². The van der Waals surface area contributed by atoms with Crippen molar-refractivity contribution in [3.63, 3.8) is 0 Å². The fourth-order valence-corrected chi connectivity index (χ4v) is 2.63. The van der Waals surface area contributed by atoms with Gasteiger partial charge < -0.3 is 24.4 Å². The number of hydrogen-bond acceptors (Lipinski definition) is 5. The van der Waals surface area contributed by atoms with Crippen LogP contribution in [-0.2, 0) is 15.9 Å². The summed E-state index contributed by atoms with van der Waals surface area (Å²) in [5, 5.41) is 18.7. The second-order valence-electron chi connectivity index (χ2n) is 5.53. The number of carboxylic acids is 2. The molecule has 1 atom stereocenters. The van der Waals surface area contributed by atoms with Crippen LogP contribution in [-0.4, -0.2) is 35.0 Å². The minimum absolute atomic E-state index is 0.0465. The van der Waals surface area contributed by atoms with E-state index in [1.54, 1.807) is 0 Å². The molecule has 2 aromatic rings. The van der Waals surface area contributed by atoms with Crippen LogP contribution in [0.3, 0.4) is 0 Å². The van der Waals surface area contributed by atoms with Crippen molar-refractivity contribution < 1.29 is 34.0 Å². The SMILES string of the molecule is O=C(O)c1cccc(OC(Cc2ccccc2)C2=COCO2)c1C(=O)O. The zero-order valence-electron chi connectivity index (χ0n) is 13.6. The third kappa shape index (κ3) is 3.77. The average molecular weight is 356 g/mol. The van der Waals surface area contributed by atoms with E-state index in [1.165, 1.54) is 24.5 Å². The van der Waals surface area contributed by atoms with Crippen LogP contribution in [0.25, 0.3) is 0 Å². The Labute approximate surface area is 149 Å². The molecule has 7 heteroatoms. The number of benzene rings is 2. The highest BCUT2D eigenvalue weighted by Gasteiger charge is 2.27. The molecule has 134 valence electrons. The van der Waals surface area contributed by atoms with Crippen LogP contribution in [0.4, 0.5) is 0 Å².